The van der Waals surface area contributed by atoms with Crippen molar-refractivity contribution in [2.75, 3.05) is 6.54 Å². The Morgan fingerprint density at radius 3 is 2.36 bits per heavy atom. The van der Waals surface area contributed by atoms with Gasteiger partial charge in [-0.15, -0.1) is 11.6 Å². The first-order valence-electron chi connectivity index (χ1n) is 5.40. The van der Waals surface area contributed by atoms with Crippen molar-refractivity contribution in [2.24, 2.45) is 11.8 Å². The van der Waals surface area contributed by atoms with Gasteiger partial charge in [-0.1, -0.05) is 27.7 Å². The fourth-order valence-electron chi connectivity index (χ4n) is 1.02. The van der Waals surface area contributed by atoms with Gasteiger partial charge in [0.1, 0.15) is 0 Å². The van der Waals surface area contributed by atoms with Crippen molar-refractivity contribution >= 4 is 17.5 Å². The minimum Gasteiger partial charge on any atom is -0.356 e. The quantitative estimate of drug-likeness (QED) is 0.684. The Kier molecular flexibility index (Phi) is 6.98. The summed E-state index contributed by atoms with van der Waals surface area (Å²) in [7, 11) is 0. The molecule has 2 unspecified atom stereocenters. The molecule has 0 aromatic rings. The third-order valence-electron chi connectivity index (χ3n) is 2.61. The van der Waals surface area contributed by atoms with Gasteiger partial charge in [-0.25, -0.2) is 0 Å². The van der Waals surface area contributed by atoms with E-state index in [0.29, 0.717) is 12.5 Å². The molecule has 0 aromatic carbocycles. The summed E-state index contributed by atoms with van der Waals surface area (Å²) < 4.78 is 0. The molecule has 0 aromatic heterocycles. The predicted molar refractivity (Wildman–Crippen MR) is 61.6 cm³/mol. The third-order valence-corrected chi connectivity index (χ3v) is 3.14. The number of alkyl halides is 1. The molecule has 1 N–H and O–H groups in total. The summed E-state index contributed by atoms with van der Waals surface area (Å²) >= 11 is 5.94. The molecule has 0 aliphatic heterocycles. The highest BCUT2D eigenvalue weighted by Crippen LogP contribution is 2.10. The number of carbonyl (C=O) groups is 1. The largest absolute Gasteiger partial charge is 0.356 e. The van der Waals surface area contributed by atoms with Gasteiger partial charge < -0.3 is 5.32 Å². The van der Waals surface area contributed by atoms with Crippen LogP contribution in [0.4, 0.5) is 0 Å². The molecule has 14 heavy (non-hydrogen) atoms. The summed E-state index contributed by atoms with van der Waals surface area (Å²) in [6, 6.07) is 0. The Balaban J connectivity index is 3.64. The summed E-state index contributed by atoms with van der Waals surface area (Å²) in [5, 5.41) is 3.09. The molecule has 84 valence electrons. The van der Waals surface area contributed by atoms with Crippen LogP contribution in [0.15, 0.2) is 0 Å². The lowest BCUT2D eigenvalue weighted by Crippen LogP contribution is -2.33. The first-order valence-corrected chi connectivity index (χ1v) is 5.84. The molecule has 0 heterocycles. The zero-order valence-electron chi connectivity index (χ0n) is 9.64. The minimum absolute atomic E-state index is 0.0883. The number of rotatable bonds is 6. The van der Waals surface area contributed by atoms with Crippen LogP contribution in [-0.4, -0.2) is 17.8 Å². The molecule has 0 fully saturated rings. The van der Waals surface area contributed by atoms with Crippen LogP contribution in [0.5, 0.6) is 0 Å². The monoisotopic (exact) mass is 219 g/mol. The maximum atomic E-state index is 11.5. The van der Waals surface area contributed by atoms with E-state index in [2.05, 4.69) is 26.1 Å². The van der Waals surface area contributed by atoms with E-state index in [1.165, 1.54) is 0 Å². The van der Waals surface area contributed by atoms with E-state index < -0.39 is 0 Å². The van der Waals surface area contributed by atoms with Gasteiger partial charge in [0.25, 0.3) is 0 Å². The molecule has 2 atom stereocenters. The summed E-state index contributed by atoms with van der Waals surface area (Å²) in [5.41, 5.74) is 0. The van der Waals surface area contributed by atoms with E-state index in [1.807, 2.05) is 6.92 Å². The molecule has 0 aliphatic rings. The van der Waals surface area contributed by atoms with Crippen molar-refractivity contribution in [3.8, 4) is 0 Å². The highest BCUT2D eigenvalue weighted by atomic mass is 35.5. The number of nitrogens with one attached hydrogen (secondary N) is 1. The van der Waals surface area contributed by atoms with Gasteiger partial charge in [-0.2, -0.15) is 0 Å². The van der Waals surface area contributed by atoms with Crippen LogP contribution in [0, 0.1) is 11.8 Å². The van der Waals surface area contributed by atoms with E-state index in [1.54, 1.807) is 0 Å². The van der Waals surface area contributed by atoms with Crippen LogP contribution in [0.25, 0.3) is 0 Å². The lowest BCUT2D eigenvalue weighted by molar-refractivity contribution is -0.125. The van der Waals surface area contributed by atoms with E-state index in [-0.39, 0.29) is 17.2 Å². The van der Waals surface area contributed by atoms with Gasteiger partial charge in [0, 0.05) is 17.8 Å². The molecular weight excluding hydrogens is 198 g/mol. The van der Waals surface area contributed by atoms with Crippen LogP contribution in [-0.2, 0) is 4.79 Å². The molecular formula is C11H22ClNO. The first-order chi connectivity index (χ1) is 6.49. The molecule has 0 radical (unpaired) electrons. The number of hydrogen-bond acceptors (Lipinski definition) is 1. The third kappa shape index (κ3) is 5.48. The average molecular weight is 220 g/mol. The van der Waals surface area contributed by atoms with Crippen LogP contribution < -0.4 is 5.32 Å². The Bertz CT molecular complexity index is 171. The maximum Gasteiger partial charge on any atom is 0.223 e. The molecule has 0 bridgehead atoms. The lowest BCUT2D eigenvalue weighted by Gasteiger charge is -2.15. The second-order valence-corrected chi connectivity index (χ2v) is 4.74. The van der Waals surface area contributed by atoms with Crippen molar-refractivity contribution in [3.63, 3.8) is 0 Å². The Morgan fingerprint density at radius 2 is 1.93 bits per heavy atom. The second kappa shape index (κ2) is 7.10. The molecule has 0 aliphatic carbocycles. The Hall–Kier alpha value is -0.240. The fraction of sp³-hybridized carbons (Fsp3) is 0.909. The molecule has 2 nitrogen and oxygen atoms in total. The summed E-state index contributed by atoms with van der Waals surface area (Å²) in [5.74, 6) is 0.623. The smallest absolute Gasteiger partial charge is 0.223 e. The lowest BCUT2D eigenvalue weighted by atomic mass is 9.97. The van der Waals surface area contributed by atoms with Gasteiger partial charge in [0.05, 0.1) is 0 Å². The van der Waals surface area contributed by atoms with Crippen molar-refractivity contribution in [1.82, 2.24) is 5.32 Å². The van der Waals surface area contributed by atoms with Crippen molar-refractivity contribution in [2.45, 2.75) is 45.9 Å². The Morgan fingerprint density at radius 1 is 1.36 bits per heavy atom. The van der Waals surface area contributed by atoms with Gasteiger partial charge in [0.15, 0.2) is 0 Å². The van der Waals surface area contributed by atoms with Gasteiger partial charge >= 0.3 is 0 Å². The maximum absolute atomic E-state index is 11.5. The number of hydrogen-bond donors (Lipinski definition) is 1. The van der Waals surface area contributed by atoms with Crippen molar-refractivity contribution in [1.29, 1.82) is 0 Å². The van der Waals surface area contributed by atoms with E-state index in [9.17, 15) is 4.79 Å². The van der Waals surface area contributed by atoms with Crippen LogP contribution in [0.3, 0.4) is 0 Å². The van der Waals surface area contributed by atoms with Crippen molar-refractivity contribution < 1.29 is 4.79 Å². The molecule has 0 saturated heterocycles. The van der Waals surface area contributed by atoms with Gasteiger partial charge in [-0.3, -0.25) is 4.79 Å². The van der Waals surface area contributed by atoms with Crippen LogP contribution >= 0.6 is 11.6 Å². The molecule has 1 amide bonds. The zero-order valence-corrected chi connectivity index (χ0v) is 10.4. The van der Waals surface area contributed by atoms with E-state index >= 15 is 0 Å². The average Bonchev–Trinajstić information content (AvgIpc) is 2.15. The first kappa shape index (κ1) is 13.8. The standard InChI is InChI=1S/C11H22ClNO/c1-5-10(12)6-7-13-11(14)9(4)8(2)3/h8-10H,5-7H2,1-4H3,(H,13,14). The fourth-order valence-corrected chi connectivity index (χ4v) is 1.13. The van der Waals surface area contributed by atoms with Gasteiger partial charge in [-0.05, 0) is 18.8 Å². The summed E-state index contributed by atoms with van der Waals surface area (Å²) in [6.07, 6.45) is 1.81. The summed E-state index contributed by atoms with van der Waals surface area (Å²) in [6.45, 7) is 8.81. The van der Waals surface area contributed by atoms with E-state index in [0.717, 1.165) is 12.8 Å². The Labute approximate surface area is 92.4 Å². The molecule has 0 spiro atoms. The number of halogens is 1. The van der Waals surface area contributed by atoms with Crippen LogP contribution in [0.1, 0.15) is 40.5 Å². The number of amides is 1. The highest BCUT2D eigenvalue weighted by Gasteiger charge is 2.15. The molecule has 3 heteroatoms. The van der Waals surface area contributed by atoms with Gasteiger partial charge in [0.2, 0.25) is 5.91 Å². The second-order valence-electron chi connectivity index (χ2n) is 4.12. The highest BCUT2D eigenvalue weighted by molar-refractivity contribution is 6.20. The minimum atomic E-state index is 0.0883. The molecule has 0 rings (SSSR count). The SMILES string of the molecule is CCC(Cl)CCNC(=O)C(C)C(C)C. The number of carbonyl (C=O) groups excluding carboxylic acids is 1. The van der Waals surface area contributed by atoms with Crippen molar-refractivity contribution in [3.05, 3.63) is 0 Å². The van der Waals surface area contributed by atoms with E-state index in [4.69, 9.17) is 11.6 Å². The molecule has 0 saturated carbocycles. The topological polar surface area (TPSA) is 29.1 Å². The normalized spacial score (nSPS) is 15.3. The summed E-state index contributed by atoms with van der Waals surface area (Å²) in [4.78, 5) is 11.5. The zero-order chi connectivity index (χ0) is 11.1. The van der Waals surface area contributed by atoms with Crippen LogP contribution in [0.2, 0.25) is 0 Å². The predicted octanol–water partition coefficient (Wildman–Crippen LogP) is 2.80.